The minimum Gasteiger partial charge on any atom is -0.462 e. The second-order valence-corrected chi connectivity index (χ2v) is 17.6. The van der Waals surface area contributed by atoms with Crippen LogP contribution in [-0.2, 0) is 19.1 Å². The number of esters is 2. The standard InChI is InChI=1S/C57H100O5/c1-3-5-7-9-11-13-15-17-19-21-23-25-26-27-28-29-30-32-33-35-37-39-41-43-45-47-49-51-56(59)61-54-55(53-58)62-57(60)52-50-48-46-44-42-40-38-36-34-31-24-22-20-18-16-14-12-10-8-6-4-2/h6,8,12,14,18,20-21,23-24,31,36,38,55,58H,3-5,7,9-11,13,15-17,19,22,25-30,32-35,37,39-54H2,1-2H3/b8-6-,14-12-,20-18-,23-21-,31-24-,38-36-. The van der Waals surface area contributed by atoms with E-state index in [9.17, 15) is 14.7 Å². The zero-order chi connectivity index (χ0) is 44.9. The molecule has 5 nitrogen and oxygen atoms in total. The van der Waals surface area contributed by atoms with Crippen LogP contribution in [0.4, 0.5) is 0 Å². The number of aliphatic hydroxyl groups is 1. The summed E-state index contributed by atoms with van der Waals surface area (Å²) in [5, 5.41) is 9.63. The first kappa shape index (κ1) is 59.3. The van der Waals surface area contributed by atoms with E-state index >= 15 is 0 Å². The van der Waals surface area contributed by atoms with Crippen LogP contribution >= 0.6 is 0 Å². The van der Waals surface area contributed by atoms with Crippen molar-refractivity contribution in [2.75, 3.05) is 13.2 Å². The Kier molecular flexibility index (Phi) is 50.4. The number of carbonyl (C=O) groups excluding carboxylic acids is 2. The highest BCUT2D eigenvalue weighted by Gasteiger charge is 2.16. The van der Waals surface area contributed by atoms with Crippen molar-refractivity contribution in [2.24, 2.45) is 0 Å². The number of ether oxygens (including phenoxy) is 2. The topological polar surface area (TPSA) is 72.8 Å². The molecular formula is C57H100O5. The smallest absolute Gasteiger partial charge is 0.306 e. The van der Waals surface area contributed by atoms with Gasteiger partial charge in [0.05, 0.1) is 6.61 Å². The van der Waals surface area contributed by atoms with Crippen molar-refractivity contribution in [2.45, 2.75) is 264 Å². The lowest BCUT2D eigenvalue weighted by Crippen LogP contribution is -2.28. The molecule has 358 valence electrons. The molecule has 0 aromatic heterocycles. The van der Waals surface area contributed by atoms with Gasteiger partial charge in [0, 0.05) is 12.8 Å². The van der Waals surface area contributed by atoms with Crippen LogP contribution in [0.3, 0.4) is 0 Å². The Hall–Kier alpha value is -2.66. The van der Waals surface area contributed by atoms with Gasteiger partial charge in [-0.1, -0.05) is 234 Å². The van der Waals surface area contributed by atoms with Crippen LogP contribution in [0.1, 0.15) is 258 Å². The maximum absolute atomic E-state index is 12.3. The van der Waals surface area contributed by atoms with E-state index in [1.807, 2.05) is 0 Å². The zero-order valence-corrected chi connectivity index (χ0v) is 40.9. The van der Waals surface area contributed by atoms with Crippen molar-refractivity contribution in [1.29, 1.82) is 0 Å². The first-order valence-electron chi connectivity index (χ1n) is 26.5. The number of hydrogen-bond acceptors (Lipinski definition) is 5. The summed E-state index contributed by atoms with van der Waals surface area (Å²) in [6.07, 6.45) is 71.5. The van der Waals surface area contributed by atoms with Gasteiger partial charge in [-0.05, 0) is 83.5 Å². The Labute approximate surface area is 384 Å². The van der Waals surface area contributed by atoms with Crippen molar-refractivity contribution in [3.8, 4) is 0 Å². The molecule has 0 radical (unpaired) electrons. The highest BCUT2D eigenvalue weighted by Crippen LogP contribution is 2.16. The third-order valence-corrected chi connectivity index (χ3v) is 11.5. The lowest BCUT2D eigenvalue weighted by atomic mass is 10.0. The van der Waals surface area contributed by atoms with E-state index in [2.05, 4.69) is 86.8 Å². The quantitative estimate of drug-likeness (QED) is 0.0375. The second-order valence-electron chi connectivity index (χ2n) is 17.6. The number of rotatable bonds is 48. The molecule has 0 aliphatic heterocycles. The Balaban J connectivity index is 3.51. The molecule has 5 heteroatoms. The molecule has 0 aliphatic carbocycles. The summed E-state index contributed by atoms with van der Waals surface area (Å²) in [5.41, 5.74) is 0. The van der Waals surface area contributed by atoms with Gasteiger partial charge in [0.2, 0.25) is 0 Å². The highest BCUT2D eigenvalue weighted by atomic mass is 16.6. The van der Waals surface area contributed by atoms with Gasteiger partial charge in [0.25, 0.3) is 0 Å². The molecule has 62 heavy (non-hydrogen) atoms. The van der Waals surface area contributed by atoms with Crippen molar-refractivity contribution in [3.63, 3.8) is 0 Å². The molecule has 0 rings (SSSR count). The Bertz CT molecular complexity index is 1110. The number of unbranched alkanes of at least 4 members (excludes halogenated alkanes) is 28. The molecule has 1 N–H and O–H groups in total. The van der Waals surface area contributed by atoms with E-state index in [4.69, 9.17) is 9.47 Å². The minimum absolute atomic E-state index is 0.0752. The van der Waals surface area contributed by atoms with Crippen molar-refractivity contribution in [3.05, 3.63) is 72.9 Å². The van der Waals surface area contributed by atoms with Crippen LogP contribution in [-0.4, -0.2) is 36.4 Å². The summed E-state index contributed by atoms with van der Waals surface area (Å²) in [5.74, 6) is -0.608. The first-order chi connectivity index (χ1) is 30.6. The lowest BCUT2D eigenvalue weighted by molar-refractivity contribution is -0.161. The zero-order valence-electron chi connectivity index (χ0n) is 40.9. The Morgan fingerprint density at radius 3 is 1.06 bits per heavy atom. The molecule has 0 aromatic carbocycles. The number of allylic oxidation sites excluding steroid dienone is 12. The predicted octanol–water partition coefficient (Wildman–Crippen LogP) is 17.6. The lowest BCUT2D eigenvalue weighted by Gasteiger charge is -2.15. The average molecular weight is 865 g/mol. The van der Waals surface area contributed by atoms with Crippen LogP contribution in [0.2, 0.25) is 0 Å². The van der Waals surface area contributed by atoms with Gasteiger partial charge in [-0.3, -0.25) is 9.59 Å². The van der Waals surface area contributed by atoms with E-state index in [1.165, 1.54) is 141 Å². The second kappa shape index (κ2) is 52.7. The van der Waals surface area contributed by atoms with Gasteiger partial charge < -0.3 is 14.6 Å². The average Bonchev–Trinajstić information content (AvgIpc) is 3.28. The van der Waals surface area contributed by atoms with Gasteiger partial charge in [-0.15, -0.1) is 0 Å². The van der Waals surface area contributed by atoms with Gasteiger partial charge in [0.15, 0.2) is 6.10 Å². The molecule has 0 aromatic rings. The molecule has 0 aliphatic rings. The monoisotopic (exact) mass is 865 g/mol. The molecule has 0 amide bonds. The molecular weight excluding hydrogens is 765 g/mol. The van der Waals surface area contributed by atoms with E-state index in [-0.39, 0.29) is 25.2 Å². The molecule has 0 heterocycles. The van der Waals surface area contributed by atoms with Gasteiger partial charge in [-0.2, -0.15) is 0 Å². The number of hydrogen-bond donors (Lipinski definition) is 1. The van der Waals surface area contributed by atoms with Gasteiger partial charge in [0.1, 0.15) is 6.61 Å². The van der Waals surface area contributed by atoms with E-state index < -0.39 is 6.10 Å². The van der Waals surface area contributed by atoms with Crippen LogP contribution in [0.5, 0.6) is 0 Å². The summed E-state index contributed by atoms with van der Waals surface area (Å²) in [6, 6.07) is 0. The van der Waals surface area contributed by atoms with Crippen LogP contribution < -0.4 is 0 Å². The summed E-state index contributed by atoms with van der Waals surface area (Å²) >= 11 is 0. The van der Waals surface area contributed by atoms with Crippen molar-refractivity contribution >= 4 is 11.9 Å². The van der Waals surface area contributed by atoms with E-state index in [1.54, 1.807) is 0 Å². The Morgan fingerprint density at radius 2 is 0.694 bits per heavy atom. The molecule has 0 saturated heterocycles. The molecule has 1 atom stereocenters. The van der Waals surface area contributed by atoms with E-state index in [0.717, 1.165) is 89.9 Å². The fourth-order valence-electron chi connectivity index (χ4n) is 7.52. The Morgan fingerprint density at radius 1 is 0.387 bits per heavy atom. The van der Waals surface area contributed by atoms with Crippen LogP contribution in [0.15, 0.2) is 72.9 Å². The van der Waals surface area contributed by atoms with Gasteiger partial charge in [-0.25, -0.2) is 0 Å². The van der Waals surface area contributed by atoms with Crippen molar-refractivity contribution in [1.82, 2.24) is 0 Å². The third kappa shape index (κ3) is 50.0. The summed E-state index contributed by atoms with van der Waals surface area (Å²) in [7, 11) is 0. The van der Waals surface area contributed by atoms with Crippen LogP contribution in [0.25, 0.3) is 0 Å². The maximum Gasteiger partial charge on any atom is 0.306 e. The number of carbonyl (C=O) groups is 2. The number of aliphatic hydroxyl groups excluding tert-OH is 1. The first-order valence-corrected chi connectivity index (χ1v) is 26.5. The molecule has 0 bridgehead atoms. The molecule has 0 spiro atoms. The summed E-state index contributed by atoms with van der Waals surface area (Å²) < 4.78 is 10.7. The fraction of sp³-hybridized carbons (Fsp3) is 0.754. The largest absolute Gasteiger partial charge is 0.462 e. The van der Waals surface area contributed by atoms with E-state index in [0.29, 0.717) is 12.8 Å². The maximum atomic E-state index is 12.3. The SMILES string of the molecule is CC/C=C\C/C=C\C/C=C\C/C=C\C/C=C\CCCCCCCC(=O)OC(CO)COC(=O)CCCCCCCCCCCCCCCCC/C=C\CCCCCCCCCC. The molecule has 1 unspecified atom stereocenters. The van der Waals surface area contributed by atoms with Gasteiger partial charge >= 0.3 is 11.9 Å². The van der Waals surface area contributed by atoms with Crippen LogP contribution in [0, 0.1) is 0 Å². The normalized spacial score (nSPS) is 12.8. The highest BCUT2D eigenvalue weighted by molar-refractivity contribution is 5.70. The fourth-order valence-corrected chi connectivity index (χ4v) is 7.52. The molecule has 0 saturated carbocycles. The van der Waals surface area contributed by atoms with Crippen molar-refractivity contribution < 1.29 is 24.2 Å². The molecule has 0 fully saturated rings. The third-order valence-electron chi connectivity index (χ3n) is 11.5. The minimum atomic E-state index is -0.786. The predicted molar refractivity (Wildman–Crippen MR) is 270 cm³/mol. The summed E-state index contributed by atoms with van der Waals surface area (Å²) in [4.78, 5) is 24.5. The summed E-state index contributed by atoms with van der Waals surface area (Å²) in [6.45, 7) is 4.03.